The van der Waals surface area contributed by atoms with Crippen LogP contribution in [-0.4, -0.2) is 47.0 Å². The zero-order valence-corrected chi connectivity index (χ0v) is 23.1. The fourth-order valence-electron chi connectivity index (χ4n) is 4.95. The summed E-state index contributed by atoms with van der Waals surface area (Å²) in [6.07, 6.45) is 3.07. The molecule has 0 aromatic heterocycles. The molecule has 1 atom stereocenters. The lowest BCUT2D eigenvalue weighted by atomic mass is 10.0. The molecule has 1 aliphatic heterocycles. The minimum atomic E-state index is -1.10. The summed E-state index contributed by atoms with van der Waals surface area (Å²) in [7, 11) is 0. The first-order valence-corrected chi connectivity index (χ1v) is 13.9. The van der Waals surface area contributed by atoms with Gasteiger partial charge in [0.1, 0.15) is 23.9 Å². The van der Waals surface area contributed by atoms with E-state index in [9.17, 15) is 19.5 Å². The third-order valence-corrected chi connectivity index (χ3v) is 7.13. The second-order valence-corrected chi connectivity index (χ2v) is 10.1. The third-order valence-electron chi connectivity index (χ3n) is 7.13. The summed E-state index contributed by atoms with van der Waals surface area (Å²) in [5.74, 6) is 0.582. The van der Waals surface area contributed by atoms with Gasteiger partial charge in [-0.25, -0.2) is 4.79 Å². The van der Waals surface area contributed by atoms with Gasteiger partial charge in [-0.05, 0) is 85.5 Å². The van der Waals surface area contributed by atoms with E-state index in [0.29, 0.717) is 29.4 Å². The molecule has 1 heterocycles. The molecule has 2 N–H and O–H groups in total. The number of hydrogen-bond donors (Lipinski definition) is 2. The summed E-state index contributed by atoms with van der Waals surface area (Å²) in [4.78, 5) is 38.8. The van der Waals surface area contributed by atoms with Crippen LogP contribution >= 0.6 is 0 Å². The number of amides is 2. The van der Waals surface area contributed by atoms with Gasteiger partial charge >= 0.3 is 5.97 Å². The van der Waals surface area contributed by atoms with Crippen LogP contribution in [0.3, 0.4) is 0 Å². The van der Waals surface area contributed by atoms with Crippen LogP contribution < -0.4 is 14.8 Å². The van der Waals surface area contributed by atoms with E-state index in [1.165, 1.54) is 6.07 Å². The Morgan fingerprint density at radius 1 is 0.786 bits per heavy atom. The molecule has 0 spiro atoms. The Balaban J connectivity index is 1.12. The number of piperidine rings is 1. The molecular formula is C34H32N2O6. The van der Waals surface area contributed by atoms with Crippen molar-refractivity contribution in [2.24, 2.45) is 0 Å². The lowest BCUT2D eigenvalue weighted by molar-refractivity contribution is -0.115. The van der Waals surface area contributed by atoms with Crippen molar-refractivity contribution < 1.29 is 29.0 Å². The van der Waals surface area contributed by atoms with Crippen molar-refractivity contribution in [2.45, 2.75) is 31.7 Å². The number of anilines is 1. The van der Waals surface area contributed by atoms with Crippen LogP contribution in [0.2, 0.25) is 0 Å². The molecule has 0 bridgehead atoms. The Hall–Kier alpha value is -5.11. The molecule has 1 fully saturated rings. The summed E-state index contributed by atoms with van der Waals surface area (Å²) in [5.41, 5.74) is 1.77. The average molecular weight is 565 g/mol. The SMILES string of the molecule is O=C(Cc1ccc(Oc2ccc(OCC3CCCCN3C(=O)c3ccccc3)cc2)cc1)Nc1ccccc1C(=O)O. The normalized spacial score (nSPS) is 14.6. The van der Waals surface area contributed by atoms with E-state index in [1.807, 2.05) is 59.5 Å². The van der Waals surface area contributed by atoms with Gasteiger partial charge in [-0.3, -0.25) is 9.59 Å². The molecule has 1 aliphatic rings. The minimum absolute atomic E-state index is 0.0230. The molecule has 4 aromatic carbocycles. The predicted molar refractivity (Wildman–Crippen MR) is 159 cm³/mol. The van der Waals surface area contributed by atoms with E-state index in [2.05, 4.69) is 5.32 Å². The van der Waals surface area contributed by atoms with Crippen molar-refractivity contribution in [3.05, 3.63) is 120 Å². The topological polar surface area (TPSA) is 105 Å². The van der Waals surface area contributed by atoms with Gasteiger partial charge in [-0.15, -0.1) is 0 Å². The van der Waals surface area contributed by atoms with Gasteiger partial charge in [0, 0.05) is 12.1 Å². The molecule has 8 heteroatoms. The number of carboxylic acids is 1. The number of nitrogens with one attached hydrogen (secondary N) is 1. The van der Waals surface area contributed by atoms with E-state index < -0.39 is 5.97 Å². The molecule has 0 saturated carbocycles. The minimum Gasteiger partial charge on any atom is -0.491 e. The molecule has 42 heavy (non-hydrogen) atoms. The highest BCUT2D eigenvalue weighted by Gasteiger charge is 2.28. The number of carboxylic acid groups (broad SMARTS) is 1. The van der Waals surface area contributed by atoms with Crippen LogP contribution in [-0.2, 0) is 11.2 Å². The number of carbonyl (C=O) groups excluding carboxylic acids is 2. The average Bonchev–Trinajstić information content (AvgIpc) is 3.02. The lowest BCUT2D eigenvalue weighted by Gasteiger charge is -2.35. The standard InChI is InChI=1S/C34H32N2O6/c37-32(35-31-12-5-4-11-30(31)34(39)40)22-24-13-15-28(16-14-24)42-29-19-17-27(18-20-29)41-23-26-10-6-7-21-36(26)33(38)25-8-2-1-3-9-25/h1-5,8-9,11-20,26H,6-7,10,21-23H2,(H,35,37)(H,39,40). The predicted octanol–water partition coefficient (Wildman–Crippen LogP) is 6.43. The Morgan fingerprint density at radius 2 is 1.43 bits per heavy atom. The van der Waals surface area contributed by atoms with Crippen molar-refractivity contribution in [1.82, 2.24) is 4.90 Å². The van der Waals surface area contributed by atoms with Gasteiger partial charge < -0.3 is 24.8 Å². The second-order valence-electron chi connectivity index (χ2n) is 10.1. The van der Waals surface area contributed by atoms with E-state index in [-0.39, 0.29) is 35.5 Å². The highest BCUT2D eigenvalue weighted by atomic mass is 16.5. The van der Waals surface area contributed by atoms with Crippen LogP contribution in [0.25, 0.3) is 0 Å². The molecule has 5 rings (SSSR count). The number of benzene rings is 4. The molecular weight excluding hydrogens is 532 g/mol. The molecule has 214 valence electrons. The van der Waals surface area contributed by atoms with Gasteiger partial charge in [0.15, 0.2) is 0 Å². The van der Waals surface area contributed by atoms with Gasteiger partial charge in [-0.1, -0.05) is 42.5 Å². The molecule has 4 aromatic rings. The van der Waals surface area contributed by atoms with Crippen molar-refractivity contribution >= 4 is 23.5 Å². The Morgan fingerprint density at radius 3 is 2.14 bits per heavy atom. The Bertz CT molecular complexity index is 1520. The number of para-hydroxylation sites is 1. The summed E-state index contributed by atoms with van der Waals surface area (Å²) in [5, 5.41) is 12.0. The van der Waals surface area contributed by atoms with Crippen LogP contribution in [0.15, 0.2) is 103 Å². The first-order valence-electron chi connectivity index (χ1n) is 13.9. The molecule has 8 nitrogen and oxygen atoms in total. The highest BCUT2D eigenvalue weighted by molar-refractivity contribution is 6.01. The molecule has 1 saturated heterocycles. The summed E-state index contributed by atoms with van der Waals surface area (Å²) < 4.78 is 12.0. The lowest BCUT2D eigenvalue weighted by Crippen LogP contribution is -2.46. The van der Waals surface area contributed by atoms with Gasteiger partial charge in [0.2, 0.25) is 5.91 Å². The summed E-state index contributed by atoms with van der Waals surface area (Å²) in [6, 6.07) is 30.2. The number of rotatable bonds is 10. The zero-order valence-electron chi connectivity index (χ0n) is 23.1. The van der Waals surface area contributed by atoms with Crippen molar-refractivity contribution in [3.8, 4) is 17.2 Å². The van der Waals surface area contributed by atoms with Crippen LogP contribution in [0.1, 0.15) is 45.5 Å². The van der Waals surface area contributed by atoms with Crippen LogP contribution in [0, 0.1) is 0 Å². The fraction of sp³-hybridized carbons (Fsp3) is 0.206. The monoisotopic (exact) mass is 564 g/mol. The second kappa shape index (κ2) is 13.5. The first kappa shape index (κ1) is 28.4. The van der Waals surface area contributed by atoms with Crippen LogP contribution in [0.5, 0.6) is 17.2 Å². The van der Waals surface area contributed by atoms with Gasteiger partial charge in [-0.2, -0.15) is 0 Å². The molecule has 0 radical (unpaired) electrons. The maximum Gasteiger partial charge on any atom is 0.337 e. The number of likely N-dealkylation sites (tertiary alicyclic amines) is 1. The highest BCUT2D eigenvalue weighted by Crippen LogP contribution is 2.26. The Labute approximate surface area is 244 Å². The smallest absolute Gasteiger partial charge is 0.337 e. The van der Waals surface area contributed by atoms with Gasteiger partial charge in [0.05, 0.1) is 23.7 Å². The maximum absolute atomic E-state index is 13.0. The van der Waals surface area contributed by atoms with E-state index >= 15 is 0 Å². The quantitative estimate of drug-likeness (QED) is 0.230. The van der Waals surface area contributed by atoms with E-state index in [1.54, 1.807) is 42.5 Å². The molecule has 2 amide bonds. The van der Waals surface area contributed by atoms with E-state index in [4.69, 9.17) is 9.47 Å². The maximum atomic E-state index is 13.0. The summed E-state index contributed by atoms with van der Waals surface area (Å²) >= 11 is 0. The fourth-order valence-corrected chi connectivity index (χ4v) is 4.95. The van der Waals surface area contributed by atoms with Crippen molar-refractivity contribution in [1.29, 1.82) is 0 Å². The number of hydrogen-bond acceptors (Lipinski definition) is 5. The largest absolute Gasteiger partial charge is 0.491 e. The third kappa shape index (κ3) is 7.34. The Kier molecular flexibility index (Phi) is 9.13. The molecule has 1 unspecified atom stereocenters. The summed E-state index contributed by atoms with van der Waals surface area (Å²) in [6.45, 7) is 1.16. The number of aromatic carboxylic acids is 1. The number of ether oxygens (including phenoxy) is 2. The van der Waals surface area contributed by atoms with E-state index in [0.717, 1.165) is 31.4 Å². The molecule has 0 aliphatic carbocycles. The van der Waals surface area contributed by atoms with Crippen molar-refractivity contribution in [2.75, 3.05) is 18.5 Å². The van der Waals surface area contributed by atoms with Crippen molar-refractivity contribution in [3.63, 3.8) is 0 Å². The zero-order chi connectivity index (χ0) is 29.3. The number of carbonyl (C=O) groups is 3. The van der Waals surface area contributed by atoms with Gasteiger partial charge in [0.25, 0.3) is 5.91 Å². The first-order chi connectivity index (χ1) is 20.5. The van der Waals surface area contributed by atoms with Crippen LogP contribution in [0.4, 0.5) is 5.69 Å². The number of nitrogens with zero attached hydrogens (tertiary/aromatic N) is 1.